The van der Waals surface area contributed by atoms with Gasteiger partial charge in [-0.1, -0.05) is 25.6 Å². The lowest BCUT2D eigenvalue weighted by molar-refractivity contribution is -0.120. The molecule has 1 atom stereocenters. The van der Waals surface area contributed by atoms with Crippen molar-refractivity contribution in [2.24, 2.45) is 13.0 Å². The van der Waals surface area contributed by atoms with Gasteiger partial charge in [-0.25, -0.2) is 4.68 Å². The van der Waals surface area contributed by atoms with Gasteiger partial charge in [0.2, 0.25) is 11.1 Å². The fourth-order valence-electron chi connectivity index (χ4n) is 0.981. The molecule has 6 nitrogen and oxygen atoms in total. The maximum Gasteiger partial charge on any atom is 0.233 e. The van der Waals surface area contributed by atoms with E-state index in [0.29, 0.717) is 17.6 Å². The summed E-state index contributed by atoms with van der Waals surface area (Å²) in [5.41, 5.74) is 0. The molecule has 0 saturated carbocycles. The Hall–Kier alpha value is -1.11. The first-order chi connectivity index (χ1) is 7.50. The van der Waals surface area contributed by atoms with Gasteiger partial charge in [-0.05, 0) is 23.3 Å². The van der Waals surface area contributed by atoms with E-state index in [1.54, 1.807) is 11.7 Å². The summed E-state index contributed by atoms with van der Waals surface area (Å²) in [5.74, 6) is 0.472. The van der Waals surface area contributed by atoms with Gasteiger partial charge in [-0.2, -0.15) is 0 Å². The van der Waals surface area contributed by atoms with Gasteiger partial charge in [0.25, 0.3) is 0 Å². The Bertz CT molecular complexity index is 351. The summed E-state index contributed by atoms with van der Waals surface area (Å²) in [4.78, 5) is 11.7. The predicted octanol–water partition coefficient (Wildman–Crippen LogP) is 0.463. The normalized spacial score (nSPS) is 12.8. The van der Waals surface area contributed by atoms with Gasteiger partial charge in [-0.3, -0.25) is 4.79 Å². The van der Waals surface area contributed by atoms with Crippen molar-refractivity contribution in [3.05, 3.63) is 0 Å². The van der Waals surface area contributed by atoms with Gasteiger partial charge in [0, 0.05) is 13.6 Å². The van der Waals surface area contributed by atoms with E-state index in [1.807, 2.05) is 6.92 Å². The Morgan fingerprint density at radius 1 is 1.50 bits per heavy atom. The highest BCUT2D eigenvalue weighted by Crippen LogP contribution is 2.19. The fraction of sp³-hybridized carbons (Fsp3) is 0.778. The van der Waals surface area contributed by atoms with Crippen LogP contribution in [0.15, 0.2) is 5.16 Å². The Balaban J connectivity index is 2.43. The van der Waals surface area contributed by atoms with Crippen molar-refractivity contribution in [1.82, 2.24) is 25.5 Å². The van der Waals surface area contributed by atoms with Gasteiger partial charge in [-0.15, -0.1) is 5.10 Å². The Labute approximate surface area is 99.2 Å². The van der Waals surface area contributed by atoms with Crippen molar-refractivity contribution in [2.45, 2.75) is 31.2 Å². The predicted molar refractivity (Wildman–Crippen MR) is 62.0 cm³/mol. The van der Waals surface area contributed by atoms with Crippen LogP contribution in [-0.4, -0.2) is 37.9 Å². The summed E-state index contributed by atoms with van der Waals surface area (Å²) in [6.45, 7) is 6.66. The van der Waals surface area contributed by atoms with E-state index in [0.717, 1.165) is 0 Å². The van der Waals surface area contributed by atoms with Crippen molar-refractivity contribution in [3.8, 4) is 0 Å². The number of hydrogen-bond donors (Lipinski definition) is 1. The van der Waals surface area contributed by atoms with Crippen LogP contribution in [0.2, 0.25) is 0 Å². The van der Waals surface area contributed by atoms with Crippen LogP contribution in [0.4, 0.5) is 0 Å². The minimum Gasteiger partial charge on any atom is -0.355 e. The maximum atomic E-state index is 11.7. The van der Waals surface area contributed by atoms with Crippen LogP contribution in [0.1, 0.15) is 20.8 Å². The van der Waals surface area contributed by atoms with Crippen molar-refractivity contribution >= 4 is 17.7 Å². The SMILES string of the molecule is CC(C)CNC(=O)C(C)Sc1nnnn1C. The molecule has 1 unspecified atom stereocenters. The molecule has 0 bridgehead atoms. The van der Waals surface area contributed by atoms with Crippen LogP contribution in [0.25, 0.3) is 0 Å². The van der Waals surface area contributed by atoms with Crippen LogP contribution in [0.5, 0.6) is 0 Å². The van der Waals surface area contributed by atoms with Crippen LogP contribution < -0.4 is 5.32 Å². The second-order valence-corrected chi connectivity index (χ2v) is 5.29. The molecule has 0 aliphatic rings. The third-order valence-corrected chi connectivity index (χ3v) is 3.04. The molecule has 7 heteroatoms. The number of hydrogen-bond acceptors (Lipinski definition) is 5. The number of tetrazole rings is 1. The molecule has 1 rings (SSSR count). The quantitative estimate of drug-likeness (QED) is 0.761. The van der Waals surface area contributed by atoms with Crippen LogP contribution >= 0.6 is 11.8 Å². The third-order valence-electron chi connectivity index (χ3n) is 1.92. The smallest absolute Gasteiger partial charge is 0.233 e. The number of rotatable bonds is 5. The highest BCUT2D eigenvalue weighted by molar-refractivity contribution is 8.00. The number of amides is 1. The van der Waals surface area contributed by atoms with Gasteiger partial charge in [0.05, 0.1) is 5.25 Å². The molecular formula is C9H17N5OS. The average Bonchev–Trinajstić information content (AvgIpc) is 2.60. The van der Waals surface area contributed by atoms with Crippen molar-refractivity contribution in [3.63, 3.8) is 0 Å². The van der Waals surface area contributed by atoms with E-state index < -0.39 is 0 Å². The molecule has 90 valence electrons. The van der Waals surface area contributed by atoms with Crippen molar-refractivity contribution in [2.75, 3.05) is 6.54 Å². The van der Waals surface area contributed by atoms with Crippen LogP contribution in [-0.2, 0) is 11.8 Å². The largest absolute Gasteiger partial charge is 0.355 e. The molecule has 1 heterocycles. The molecule has 0 fully saturated rings. The lowest BCUT2D eigenvalue weighted by Crippen LogP contribution is -2.33. The number of thioether (sulfide) groups is 1. The molecule has 0 aliphatic carbocycles. The molecule has 1 aromatic rings. The fourth-order valence-corrected chi connectivity index (χ4v) is 1.76. The minimum atomic E-state index is -0.191. The number of aryl methyl sites for hydroxylation is 1. The van der Waals surface area contributed by atoms with Gasteiger partial charge < -0.3 is 5.32 Å². The van der Waals surface area contributed by atoms with E-state index in [1.165, 1.54) is 11.8 Å². The van der Waals surface area contributed by atoms with E-state index in [4.69, 9.17) is 0 Å². The summed E-state index contributed by atoms with van der Waals surface area (Å²) in [5, 5.41) is 14.4. The van der Waals surface area contributed by atoms with Gasteiger partial charge >= 0.3 is 0 Å². The summed E-state index contributed by atoms with van der Waals surface area (Å²) in [7, 11) is 1.75. The van der Waals surface area contributed by atoms with Crippen LogP contribution in [0, 0.1) is 5.92 Å². The lowest BCUT2D eigenvalue weighted by Gasteiger charge is -2.12. The second kappa shape index (κ2) is 5.83. The van der Waals surface area contributed by atoms with E-state index in [-0.39, 0.29) is 11.2 Å². The van der Waals surface area contributed by atoms with Gasteiger partial charge in [0.15, 0.2) is 0 Å². The van der Waals surface area contributed by atoms with E-state index in [9.17, 15) is 4.79 Å². The molecule has 16 heavy (non-hydrogen) atoms. The molecule has 1 amide bonds. The second-order valence-electron chi connectivity index (χ2n) is 3.98. The molecule has 0 saturated heterocycles. The first-order valence-electron chi connectivity index (χ1n) is 5.17. The molecule has 1 aromatic heterocycles. The van der Waals surface area contributed by atoms with Gasteiger partial charge in [0.1, 0.15) is 0 Å². The molecule has 1 N–H and O–H groups in total. The molecular weight excluding hydrogens is 226 g/mol. The minimum absolute atomic E-state index is 0.0155. The number of carbonyl (C=O) groups excluding carboxylic acids is 1. The lowest BCUT2D eigenvalue weighted by atomic mass is 10.2. The molecule has 0 spiro atoms. The zero-order valence-corrected chi connectivity index (χ0v) is 10.8. The highest BCUT2D eigenvalue weighted by Gasteiger charge is 2.17. The Kier molecular flexibility index (Phi) is 4.72. The first-order valence-corrected chi connectivity index (χ1v) is 6.05. The number of nitrogens with zero attached hydrogens (tertiary/aromatic N) is 4. The van der Waals surface area contributed by atoms with Crippen molar-refractivity contribution in [1.29, 1.82) is 0 Å². The van der Waals surface area contributed by atoms with Crippen LogP contribution in [0.3, 0.4) is 0 Å². The zero-order chi connectivity index (χ0) is 12.1. The number of carbonyl (C=O) groups is 1. The first kappa shape index (κ1) is 13.0. The summed E-state index contributed by atoms with van der Waals surface area (Å²) in [6.07, 6.45) is 0. The van der Waals surface area contributed by atoms with Crippen molar-refractivity contribution < 1.29 is 4.79 Å². The standard InChI is InChI=1S/C9H17N5OS/c1-6(2)5-10-8(15)7(3)16-9-11-12-13-14(9)4/h6-7H,5H2,1-4H3,(H,10,15). The number of nitrogens with one attached hydrogen (secondary N) is 1. The zero-order valence-electron chi connectivity index (χ0n) is 9.97. The third kappa shape index (κ3) is 3.80. The highest BCUT2D eigenvalue weighted by atomic mass is 32.2. The van der Waals surface area contributed by atoms with E-state index >= 15 is 0 Å². The summed E-state index contributed by atoms with van der Waals surface area (Å²) in [6, 6.07) is 0. The maximum absolute atomic E-state index is 11.7. The monoisotopic (exact) mass is 243 g/mol. The summed E-state index contributed by atoms with van der Waals surface area (Å²) >= 11 is 1.35. The average molecular weight is 243 g/mol. The van der Waals surface area contributed by atoms with E-state index in [2.05, 4.69) is 34.7 Å². The Morgan fingerprint density at radius 3 is 2.69 bits per heavy atom. The Morgan fingerprint density at radius 2 is 2.19 bits per heavy atom. The topological polar surface area (TPSA) is 72.7 Å². The number of aromatic nitrogens is 4. The summed E-state index contributed by atoms with van der Waals surface area (Å²) < 4.78 is 1.55. The molecule has 0 aliphatic heterocycles. The molecule has 0 aromatic carbocycles. The molecule has 0 radical (unpaired) electrons.